The molecule has 1 atom stereocenters. The van der Waals surface area contributed by atoms with Crippen molar-refractivity contribution in [2.45, 2.75) is 52.6 Å². The van der Waals surface area contributed by atoms with Gasteiger partial charge in [-0.1, -0.05) is 20.3 Å². The molecular formula is C13H24N4. The van der Waals surface area contributed by atoms with Gasteiger partial charge in [-0.3, -0.25) is 0 Å². The Morgan fingerprint density at radius 3 is 2.41 bits per heavy atom. The molecule has 17 heavy (non-hydrogen) atoms. The first kappa shape index (κ1) is 13.9. The number of rotatable bonds is 7. The number of unbranched alkanes of at least 4 members (excludes halogenated alkanes) is 1. The van der Waals surface area contributed by atoms with Crippen molar-refractivity contribution >= 4 is 5.95 Å². The van der Waals surface area contributed by atoms with E-state index in [1.165, 1.54) is 12.8 Å². The zero-order valence-corrected chi connectivity index (χ0v) is 11.2. The first-order valence-electron chi connectivity index (χ1n) is 6.50. The number of aromatic nitrogens is 2. The average molecular weight is 236 g/mol. The molecule has 1 aromatic rings. The Labute approximate surface area is 104 Å². The molecule has 0 saturated heterocycles. The van der Waals surface area contributed by atoms with Gasteiger partial charge in [-0.25, -0.2) is 9.97 Å². The summed E-state index contributed by atoms with van der Waals surface area (Å²) in [6, 6.07) is 0.477. The fraction of sp³-hybridized carbons (Fsp3) is 0.692. The van der Waals surface area contributed by atoms with E-state index in [2.05, 4.69) is 35.6 Å². The second-order valence-corrected chi connectivity index (χ2v) is 4.40. The van der Waals surface area contributed by atoms with Crippen LogP contribution in [0.2, 0.25) is 0 Å². The molecule has 0 saturated carbocycles. The van der Waals surface area contributed by atoms with Crippen molar-refractivity contribution in [1.82, 2.24) is 9.97 Å². The lowest BCUT2D eigenvalue weighted by atomic mass is 10.2. The molecule has 0 amide bonds. The summed E-state index contributed by atoms with van der Waals surface area (Å²) in [6.45, 7) is 8.13. The van der Waals surface area contributed by atoms with Crippen LogP contribution >= 0.6 is 0 Å². The highest BCUT2D eigenvalue weighted by Gasteiger charge is 2.14. The number of hydrogen-bond acceptors (Lipinski definition) is 4. The van der Waals surface area contributed by atoms with Gasteiger partial charge >= 0.3 is 0 Å². The standard InChI is InChI=1S/C13H24N4/c1-4-6-7-17(11(3)5-2)13-15-9-12(8-14)10-16-13/h9-11H,4-8,14H2,1-3H3. The molecule has 1 unspecified atom stereocenters. The van der Waals surface area contributed by atoms with Crippen LogP contribution < -0.4 is 10.6 Å². The fourth-order valence-electron chi connectivity index (χ4n) is 1.67. The van der Waals surface area contributed by atoms with Crippen molar-refractivity contribution < 1.29 is 0 Å². The molecule has 4 nitrogen and oxygen atoms in total. The topological polar surface area (TPSA) is 55.0 Å². The van der Waals surface area contributed by atoms with Crippen molar-refractivity contribution in [3.63, 3.8) is 0 Å². The molecule has 0 aliphatic heterocycles. The monoisotopic (exact) mass is 236 g/mol. The Morgan fingerprint density at radius 1 is 1.29 bits per heavy atom. The van der Waals surface area contributed by atoms with Crippen LogP contribution in [-0.2, 0) is 6.54 Å². The van der Waals surface area contributed by atoms with Crippen LogP contribution in [-0.4, -0.2) is 22.6 Å². The van der Waals surface area contributed by atoms with E-state index in [-0.39, 0.29) is 0 Å². The number of hydrogen-bond donors (Lipinski definition) is 1. The molecule has 1 aromatic heterocycles. The van der Waals surface area contributed by atoms with E-state index in [4.69, 9.17) is 5.73 Å². The van der Waals surface area contributed by atoms with E-state index in [0.717, 1.165) is 24.5 Å². The maximum Gasteiger partial charge on any atom is 0.225 e. The summed E-state index contributed by atoms with van der Waals surface area (Å²) < 4.78 is 0. The van der Waals surface area contributed by atoms with Gasteiger partial charge < -0.3 is 10.6 Å². The molecule has 0 bridgehead atoms. The van der Waals surface area contributed by atoms with Crippen molar-refractivity contribution in [1.29, 1.82) is 0 Å². The van der Waals surface area contributed by atoms with Gasteiger partial charge in [-0.2, -0.15) is 0 Å². The highest BCUT2D eigenvalue weighted by Crippen LogP contribution is 2.14. The van der Waals surface area contributed by atoms with E-state index in [1.807, 2.05) is 12.4 Å². The highest BCUT2D eigenvalue weighted by atomic mass is 15.3. The lowest BCUT2D eigenvalue weighted by Gasteiger charge is -2.28. The van der Waals surface area contributed by atoms with Crippen LogP contribution in [0.1, 0.15) is 45.6 Å². The number of anilines is 1. The minimum Gasteiger partial charge on any atom is -0.338 e. The third kappa shape index (κ3) is 3.97. The van der Waals surface area contributed by atoms with Gasteiger partial charge in [-0.05, 0) is 19.8 Å². The summed E-state index contributed by atoms with van der Waals surface area (Å²) >= 11 is 0. The van der Waals surface area contributed by atoms with Crippen molar-refractivity contribution in [3.8, 4) is 0 Å². The lowest BCUT2D eigenvalue weighted by Crippen LogP contribution is -2.35. The first-order valence-corrected chi connectivity index (χ1v) is 6.50. The predicted octanol–water partition coefficient (Wildman–Crippen LogP) is 2.34. The number of nitrogens with zero attached hydrogens (tertiary/aromatic N) is 3. The van der Waals surface area contributed by atoms with Gasteiger partial charge in [-0.15, -0.1) is 0 Å². The summed E-state index contributed by atoms with van der Waals surface area (Å²) in [7, 11) is 0. The Balaban J connectivity index is 2.79. The van der Waals surface area contributed by atoms with Crippen molar-refractivity contribution in [2.24, 2.45) is 5.73 Å². The van der Waals surface area contributed by atoms with Gasteiger partial charge in [0.1, 0.15) is 0 Å². The fourth-order valence-corrected chi connectivity index (χ4v) is 1.67. The third-order valence-electron chi connectivity index (χ3n) is 3.06. The quantitative estimate of drug-likeness (QED) is 0.789. The van der Waals surface area contributed by atoms with Crippen LogP contribution in [0.3, 0.4) is 0 Å². The second kappa shape index (κ2) is 7.22. The molecule has 0 aliphatic rings. The summed E-state index contributed by atoms with van der Waals surface area (Å²) in [4.78, 5) is 11.1. The van der Waals surface area contributed by atoms with E-state index >= 15 is 0 Å². The molecule has 0 radical (unpaired) electrons. The Kier molecular flexibility index (Phi) is 5.91. The van der Waals surface area contributed by atoms with E-state index in [0.29, 0.717) is 12.6 Å². The molecule has 96 valence electrons. The molecule has 4 heteroatoms. The minimum atomic E-state index is 0.477. The summed E-state index contributed by atoms with van der Waals surface area (Å²) in [5.74, 6) is 0.824. The van der Waals surface area contributed by atoms with Crippen LogP contribution in [0, 0.1) is 0 Å². The van der Waals surface area contributed by atoms with Gasteiger partial charge in [0.05, 0.1) is 0 Å². The van der Waals surface area contributed by atoms with Gasteiger partial charge in [0, 0.05) is 37.1 Å². The largest absolute Gasteiger partial charge is 0.338 e. The first-order chi connectivity index (χ1) is 8.22. The molecule has 1 heterocycles. The zero-order valence-electron chi connectivity index (χ0n) is 11.2. The maximum absolute atomic E-state index is 5.55. The minimum absolute atomic E-state index is 0.477. The summed E-state index contributed by atoms with van der Waals surface area (Å²) in [5, 5.41) is 0. The summed E-state index contributed by atoms with van der Waals surface area (Å²) in [6.07, 6.45) is 7.11. The van der Waals surface area contributed by atoms with Gasteiger partial charge in [0.15, 0.2) is 0 Å². The average Bonchev–Trinajstić information content (AvgIpc) is 2.39. The summed E-state index contributed by atoms with van der Waals surface area (Å²) in [5.41, 5.74) is 6.53. The molecule has 2 N–H and O–H groups in total. The predicted molar refractivity (Wildman–Crippen MR) is 71.9 cm³/mol. The smallest absolute Gasteiger partial charge is 0.225 e. The lowest BCUT2D eigenvalue weighted by molar-refractivity contribution is 0.582. The number of nitrogens with two attached hydrogens (primary N) is 1. The van der Waals surface area contributed by atoms with Crippen molar-refractivity contribution in [3.05, 3.63) is 18.0 Å². The zero-order chi connectivity index (χ0) is 12.7. The molecular weight excluding hydrogens is 212 g/mol. The Hall–Kier alpha value is -1.16. The van der Waals surface area contributed by atoms with Crippen LogP contribution in [0.5, 0.6) is 0 Å². The molecule has 0 spiro atoms. The molecule has 0 aromatic carbocycles. The third-order valence-corrected chi connectivity index (χ3v) is 3.06. The van der Waals surface area contributed by atoms with Gasteiger partial charge in [0.25, 0.3) is 0 Å². The van der Waals surface area contributed by atoms with Crippen LogP contribution in [0.15, 0.2) is 12.4 Å². The normalized spacial score (nSPS) is 12.5. The SMILES string of the molecule is CCCCN(c1ncc(CN)cn1)C(C)CC. The van der Waals surface area contributed by atoms with E-state index in [9.17, 15) is 0 Å². The van der Waals surface area contributed by atoms with Gasteiger partial charge in [0.2, 0.25) is 5.95 Å². The Bertz CT molecular complexity index is 310. The molecule has 1 rings (SSSR count). The van der Waals surface area contributed by atoms with E-state index in [1.54, 1.807) is 0 Å². The highest BCUT2D eigenvalue weighted by molar-refractivity contribution is 5.31. The van der Waals surface area contributed by atoms with Crippen molar-refractivity contribution in [2.75, 3.05) is 11.4 Å². The molecule has 0 fully saturated rings. The Morgan fingerprint density at radius 2 is 1.94 bits per heavy atom. The van der Waals surface area contributed by atoms with Crippen LogP contribution in [0.25, 0.3) is 0 Å². The maximum atomic E-state index is 5.55. The van der Waals surface area contributed by atoms with E-state index < -0.39 is 0 Å². The second-order valence-electron chi connectivity index (χ2n) is 4.40. The molecule has 0 aliphatic carbocycles. The van der Waals surface area contributed by atoms with Crippen LogP contribution in [0.4, 0.5) is 5.95 Å².